The third-order valence-corrected chi connectivity index (χ3v) is 11.9. The van der Waals surface area contributed by atoms with Gasteiger partial charge in [0.1, 0.15) is 0 Å². The van der Waals surface area contributed by atoms with E-state index in [1.165, 1.54) is 6.92 Å². The molecule has 0 N–H and O–H groups in total. The summed E-state index contributed by atoms with van der Waals surface area (Å²) in [6.07, 6.45) is 3.03. The van der Waals surface area contributed by atoms with Crippen molar-refractivity contribution < 1.29 is 9.32 Å². The molecule has 0 aromatic rings. The van der Waals surface area contributed by atoms with Gasteiger partial charge in [-0.05, 0) is 0 Å². The van der Waals surface area contributed by atoms with Crippen molar-refractivity contribution in [1.82, 2.24) is 0 Å². The van der Waals surface area contributed by atoms with Crippen LogP contribution in [0.15, 0.2) is 0 Å². The molecular formula is C11H25O2P. The molecule has 0 saturated carbocycles. The van der Waals surface area contributed by atoms with E-state index in [9.17, 15) is 4.79 Å². The fourth-order valence-corrected chi connectivity index (χ4v) is 7.24. The van der Waals surface area contributed by atoms with Crippen molar-refractivity contribution in [2.24, 2.45) is 0 Å². The Bertz CT molecular complexity index is 196. The first-order valence-corrected chi connectivity index (χ1v) is 8.35. The average Bonchev–Trinajstić information content (AvgIpc) is 2.14. The zero-order valence-corrected chi connectivity index (χ0v) is 11.4. The molecule has 0 rings (SSSR count). The Morgan fingerprint density at radius 2 is 1.50 bits per heavy atom. The summed E-state index contributed by atoms with van der Waals surface area (Å²) >= 11 is 0. The van der Waals surface area contributed by atoms with Crippen molar-refractivity contribution in [2.75, 3.05) is 18.5 Å². The van der Waals surface area contributed by atoms with Gasteiger partial charge in [0.15, 0.2) is 0 Å². The number of carbonyl (C=O) groups is 1. The summed E-state index contributed by atoms with van der Waals surface area (Å²) in [5.41, 5.74) is 0.477. The zero-order chi connectivity index (χ0) is 11.4. The van der Waals surface area contributed by atoms with E-state index in [1.807, 2.05) is 0 Å². The van der Waals surface area contributed by atoms with Crippen LogP contribution in [0.2, 0.25) is 0 Å². The van der Waals surface area contributed by atoms with Gasteiger partial charge >= 0.3 is 87.8 Å². The monoisotopic (exact) mass is 220 g/mol. The van der Waals surface area contributed by atoms with Gasteiger partial charge in [-0.2, -0.15) is 0 Å². The normalized spacial score (nSPS) is 14.9. The quantitative estimate of drug-likeness (QED) is 0.663. The molecule has 0 saturated heterocycles. The van der Waals surface area contributed by atoms with Crippen molar-refractivity contribution in [2.45, 2.75) is 47.2 Å². The van der Waals surface area contributed by atoms with Crippen LogP contribution in [-0.2, 0) is 9.32 Å². The Morgan fingerprint density at radius 1 is 1.14 bits per heavy atom. The molecule has 0 aliphatic rings. The van der Waals surface area contributed by atoms with Crippen LogP contribution < -0.4 is 0 Å². The van der Waals surface area contributed by atoms with Gasteiger partial charge in [0, 0.05) is 0 Å². The summed E-state index contributed by atoms with van der Waals surface area (Å²) in [5.74, 6) is -0.109. The molecule has 0 fully saturated rings. The Balaban J connectivity index is 5.24. The van der Waals surface area contributed by atoms with Gasteiger partial charge in [0.2, 0.25) is 0 Å². The van der Waals surface area contributed by atoms with Gasteiger partial charge in [0.05, 0.1) is 0 Å². The SMILES string of the molecule is CCP(CC)(CC)(OC(C)=O)C(C)C. The van der Waals surface area contributed by atoms with Crippen LogP contribution in [-0.4, -0.2) is 30.1 Å². The molecule has 0 aliphatic heterocycles. The van der Waals surface area contributed by atoms with Crippen LogP contribution in [0.25, 0.3) is 0 Å². The van der Waals surface area contributed by atoms with Gasteiger partial charge in [-0.1, -0.05) is 0 Å². The minimum absolute atomic E-state index is 0.109. The second-order valence-corrected chi connectivity index (χ2v) is 10.9. The molecule has 0 radical (unpaired) electrons. The van der Waals surface area contributed by atoms with Crippen molar-refractivity contribution in [3.05, 3.63) is 0 Å². The summed E-state index contributed by atoms with van der Waals surface area (Å²) < 4.78 is 5.83. The Hall–Kier alpha value is -0.100. The van der Waals surface area contributed by atoms with Crippen LogP contribution in [0, 0.1) is 0 Å². The maximum absolute atomic E-state index is 11.3. The molecule has 2 nitrogen and oxygen atoms in total. The summed E-state index contributed by atoms with van der Waals surface area (Å²) in [4.78, 5) is 11.3. The van der Waals surface area contributed by atoms with E-state index in [4.69, 9.17) is 4.52 Å². The predicted octanol–water partition coefficient (Wildman–Crippen LogP) is 3.49. The summed E-state index contributed by atoms with van der Waals surface area (Å²) in [5, 5.41) is 0. The molecule has 0 unspecified atom stereocenters. The predicted molar refractivity (Wildman–Crippen MR) is 65.4 cm³/mol. The van der Waals surface area contributed by atoms with E-state index in [1.54, 1.807) is 0 Å². The average molecular weight is 220 g/mol. The van der Waals surface area contributed by atoms with E-state index < -0.39 is 6.83 Å². The summed E-state index contributed by atoms with van der Waals surface area (Å²) in [7, 11) is 0. The number of hydrogen-bond donors (Lipinski definition) is 0. The van der Waals surface area contributed by atoms with E-state index in [0.29, 0.717) is 5.66 Å². The summed E-state index contributed by atoms with van der Waals surface area (Å²) in [6, 6.07) is 0. The molecule has 0 aromatic carbocycles. The van der Waals surface area contributed by atoms with Crippen LogP contribution in [0.4, 0.5) is 0 Å². The van der Waals surface area contributed by atoms with Gasteiger partial charge in [-0.3, -0.25) is 0 Å². The Morgan fingerprint density at radius 3 is 1.57 bits per heavy atom. The number of carbonyl (C=O) groups excluding carboxylic acids is 1. The Kier molecular flexibility index (Phi) is 4.58. The summed E-state index contributed by atoms with van der Waals surface area (Å²) in [6.45, 7) is 10.2. The van der Waals surface area contributed by atoms with E-state index >= 15 is 0 Å². The standard InChI is InChI=1S/C11H25O2P/c1-7-14(8-2,9-3,10(4)5)13-11(6)12/h10H,7-9H2,1-6H3. The third kappa shape index (κ3) is 2.11. The van der Waals surface area contributed by atoms with Gasteiger partial charge in [0.25, 0.3) is 0 Å². The topological polar surface area (TPSA) is 26.3 Å². The molecule has 0 bridgehead atoms. The van der Waals surface area contributed by atoms with Crippen molar-refractivity contribution in [1.29, 1.82) is 0 Å². The minimum atomic E-state index is -2.23. The van der Waals surface area contributed by atoms with Crippen molar-refractivity contribution in [3.8, 4) is 0 Å². The number of rotatable bonds is 5. The molecule has 0 aromatic heterocycles. The fraction of sp³-hybridized carbons (Fsp3) is 0.909. The van der Waals surface area contributed by atoms with Crippen LogP contribution >= 0.6 is 6.83 Å². The molecule has 14 heavy (non-hydrogen) atoms. The van der Waals surface area contributed by atoms with E-state index in [0.717, 1.165) is 18.5 Å². The van der Waals surface area contributed by atoms with Gasteiger partial charge in [-0.15, -0.1) is 0 Å². The number of hydrogen-bond acceptors (Lipinski definition) is 2. The first-order chi connectivity index (χ1) is 6.36. The molecule has 0 spiro atoms. The fourth-order valence-electron chi connectivity index (χ4n) is 2.41. The first-order valence-electron chi connectivity index (χ1n) is 5.57. The zero-order valence-electron chi connectivity index (χ0n) is 10.5. The molecule has 86 valence electrons. The second kappa shape index (κ2) is 4.61. The molecule has 0 atom stereocenters. The Labute approximate surface area is 88.4 Å². The van der Waals surface area contributed by atoms with E-state index in [2.05, 4.69) is 34.6 Å². The van der Waals surface area contributed by atoms with Crippen LogP contribution in [0.3, 0.4) is 0 Å². The van der Waals surface area contributed by atoms with Crippen molar-refractivity contribution >= 4 is 12.8 Å². The second-order valence-electron chi connectivity index (χ2n) is 4.34. The van der Waals surface area contributed by atoms with Gasteiger partial charge in [-0.25, -0.2) is 0 Å². The molecule has 0 aliphatic carbocycles. The molecular weight excluding hydrogens is 195 g/mol. The van der Waals surface area contributed by atoms with E-state index in [-0.39, 0.29) is 5.97 Å². The van der Waals surface area contributed by atoms with Crippen LogP contribution in [0.5, 0.6) is 0 Å². The molecule has 0 amide bonds. The van der Waals surface area contributed by atoms with Gasteiger partial charge < -0.3 is 0 Å². The van der Waals surface area contributed by atoms with Crippen molar-refractivity contribution in [3.63, 3.8) is 0 Å². The molecule has 0 heterocycles. The molecule has 3 heteroatoms. The maximum atomic E-state index is 11.3. The first kappa shape index (κ1) is 13.9. The van der Waals surface area contributed by atoms with Crippen LogP contribution in [0.1, 0.15) is 41.5 Å². The third-order valence-electron chi connectivity index (χ3n) is 3.96.